The van der Waals surface area contributed by atoms with Gasteiger partial charge in [-0.05, 0) is 45.4 Å². The number of rotatable bonds is 2. The molecule has 0 amide bonds. The molecule has 0 saturated carbocycles. The van der Waals surface area contributed by atoms with E-state index >= 15 is 0 Å². The maximum Gasteiger partial charge on any atom is 0.407 e. The van der Waals surface area contributed by atoms with Crippen molar-refractivity contribution >= 4 is 37.4 Å². The number of benzene rings is 1. The SMILES string of the molecule is CNC(c1csc2c(Br)cccc12)C(F)(F)F. The van der Waals surface area contributed by atoms with Gasteiger partial charge in [0.05, 0.1) is 0 Å². The Bertz CT molecular complexity index is 535. The summed E-state index contributed by atoms with van der Waals surface area (Å²) in [5.74, 6) is 0. The minimum Gasteiger partial charge on any atom is -0.305 e. The van der Waals surface area contributed by atoms with E-state index in [9.17, 15) is 13.2 Å². The molecule has 1 heterocycles. The van der Waals surface area contributed by atoms with Crippen LogP contribution in [0.3, 0.4) is 0 Å². The number of nitrogens with one attached hydrogen (secondary N) is 1. The van der Waals surface area contributed by atoms with E-state index < -0.39 is 12.2 Å². The molecule has 1 aromatic heterocycles. The minimum atomic E-state index is -4.29. The summed E-state index contributed by atoms with van der Waals surface area (Å²) < 4.78 is 40.2. The van der Waals surface area contributed by atoms with E-state index in [-0.39, 0.29) is 5.56 Å². The number of thiophene rings is 1. The maximum absolute atomic E-state index is 12.8. The average Bonchev–Trinajstić information content (AvgIpc) is 2.63. The summed E-state index contributed by atoms with van der Waals surface area (Å²) in [4.78, 5) is 0. The van der Waals surface area contributed by atoms with Crippen LogP contribution in [0.25, 0.3) is 10.1 Å². The van der Waals surface area contributed by atoms with Crippen LogP contribution in [-0.4, -0.2) is 13.2 Å². The van der Waals surface area contributed by atoms with Crippen molar-refractivity contribution in [2.75, 3.05) is 7.05 Å². The topological polar surface area (TPSA) is 12.0 Å². The number of halogens is 4. The van der Waals surface area contributed by atoms with Crippen molar-refractivity contribution in [2.45, 2.75) is 12.2 Å². The number of hydrogen-bond acceptors (Lipinski definition) is 2. The van der Waals surface area contributed by atoms with Crippen LogP contribution in [0.2, 0.25) is 0 Å². The summed E-state index contributed by atoms with van der Waals surface area (Å²) in [6.45, 7) is 0. The molecule has 1 nitrogen and oxygen atoms in total. The lowest BCUT2D eigenvalue weighted by Gasteiger charge is -2.19. The van der Waals surface area contributed by atoms with E-state index in [1.165, 1.54) is 18.4 Å². The third kappa shape index (κ3) is 2.34. The highest BCUT2D eigenvalue weighted by Crippen LogP contribution is 2.40. The highest BCUT2D eigenvalue weighted by atomic mass is 79.9. The molecule has 17 heavy (non-hydrogen) atoms. The van der Waals surface area contributed by atoms with Gasteiger partial charge in [0.2, 0.25) is 0 Å². The van der Waals surface area contributed by atoms with Crippen LogP contribution in [-0.2, 0) is 0 Å². The van der Waals surface area contributed by atoms with Crippen LogP contribution in [0.5, 0.6) is 0 Å². The average molecular weight is 324 g/mol. The molecule has 0 bridgehead atoms. The molecule has 1 atom stereocenters. The van der Waals surface area contributed by atoms with Crippen molar-refractivity contribution in [2.24, 2.45) is 0 Å². The molecule has 1 N–H and O–H groups in total. The van der Waals surface area contributed by atoms with Gasteiger partial charge in [0, 0.05) is 9.17 Å². The fourth-order valence-corrected chi connectivity index (χ4v) is 3.41. The van der Waals surface area contributed by atoms with E-state index in [4.69, 9.17) is 0 Å². The van der Waals surface area contributed by atoms with Crippen LogP contribution >= 0.6 is 27.3 Å². The smallest absolute Gasteiger partial charge is 0.305 e. The Kier molecular flexibility index (Phi) is 3.47. The highest BCUT2D eigenvalue weighted by molar-refractivity contribution is 9.10. The zero-order chi connectivity index (χ0) is 12.6. The quantitative estimate of drug-likeness (QED) is 0.858. The van der Waals surface area contributed by atoms with Crippen molar-refractivity contribution in [3.8, 4) is 0 Å². The van der Waals surface area contributed by atoms with Gasteiger partial charge < -0.3 is 5.32 Å². The van der Waals surface area contributed by atoms with Gasteiger partial charge in [-0.25, -0.2) is 0 Å². The van der Waals surface area contributed by atoms with Gasteiger partial charge in [-0.2, -0.15) is 13.2 Å². The molecule has 0 spiro atoms. The Morgan fingerprint density at radius 1 is 1.35 bits per heavy atom. The lowest BCUT2D eigenvalue weighted by molar-refractivity contribution is -0.155. The van der Waals surface area contributed by atoms with Crippen LogP contribution < -0.4 is 5.32 Å². The molecular formula is C11H9BrF3NS. The molecule has 0 fully saturated rings. The van der Waals surface area contributed by atoms with Crippen molar-refractivity contribution in [1.29, 1.82) is 0 Å². The van der Waals surface area contributed by atoms with Crippen LogP contribution in [0, 0.1) is 0 Å². The summed E-state index contributed by atoms with van der Waals surface area (Å²) in [6, 6.07) is 3.66. The lowest BCUT2D eigenvalue weighted by Crippen LogP contribution is -2.31. The molecule has 2 rings (SSSR count). The fourth-order valence-electron chi connectivity index (χ4n) is 1.76. The number of hydrogen-bond donors (Lipinski definition) is 1. The van der Waals surface area contributed by atoms with E-state index in [2.05, 4.69) is 21.2 Å². The van der Waals surface area contributed by atoms with E-state index in [0.29, 0.717) is 5.39 Å². The normalized spacial score (nSPS) is 14.2. The third-order valence-corrected chi connectivity index (χ3v) is 4.48. The molecule has 6 heteroatoms. The Hall–Kier alpha value is -0.590. The molecule has 2 aromatic rings. The zero-order valence-electron chi connectivity index (χ0n) is 8.81. The van der Waals surface area contributed by atoms with Crippen LogP contribution in [0.15, 0.2) is 28.1 Å². The first-order valence-electron chi connectivity index (χ1n) is 4.84. The number of alkyl halides is 3. The van der Waals surface area contributed by atoms with Crippen molar-refractivity contribution < 1.29 is 13.2 Å². The van der Waals surface area contributed by atoms with Gasteiger partial charge in [-0.1, -0.05) is 12.1 Å². The standard InChI is InChI=1S/C11H9BrF3NS/c1-16-10(11(13,14)15)7-5-17-9-6(7)3-2-4-8(9)12/h2-5,10,16H,1H3. The first kappa shape index (κ1) is 12.9. The summed E-state index contributed by atoms with van der Waals surface area (Å²) in [5, 5.41) is 4.52. The van der Waals surface area contributed by atoms with E-state index in [1.54, 1.807) is 17.5 Å². The maximum atomic E-state index is 12.8. The Balaban J connectivity index is 2.59. The van der Waals surface area contributed by atoms with Gasteiger partial charge in [-0.3, -0.25) is 0 Å². The van der Waals surface area contributed by atoms with E-state index in [1.807, 2.05) is 6.07 Å². The first-order valence-corrected chi connectivity index (χ1v) is 6.52. The van der Waals surface area contributed by atoms with Gasteiger partial charge >= 0.3 is 6.18 Å². The van der Waals surface area contributed by atoms with E-state index in [0.717, 1.165) is 9.17 Å². The van der Waals surface area contributed by atoms with Crippen LogP contribution in [0.1, 0.15) is 11.6 Å². The second-order valence-electron chi connectivity index (χ2n) is 3.57. The van der Waals surface area contributed by atoms with Gasteiger partial charge in [0.15, 0.2) is 0 Å². The second kappa shape index (κ2) is 4.59. The monoisotopic (exact) mass is 323 g/mol. The van der Waals surface area contributed by atoms with Gasteiger partial charge in [0.25, 0.3) is 0 Å². The molecule has 0 saturated heterocycles. The summed E-state index contributed by atoms with van der Waals surface area (Å²) in [6.07, 6.45) is -4.29. The zero-order valence-corrected chi connectivity index (χ0v) is 11.2. The van der Waals surface area contributed by atoms with Crippen molar-refractivity contribution in [1.82, 2.24) is 5.32 Å². The Morgan fingerprint density at radius 3 is 2.65 bits per heavy atom. The molecule has 0 radical (unpaired) electrons. The van der Waals surface area contributed by atoms with Crippen molar-refractivity contribution in [3.05, 3.63) is 33.6 Å². The molecule has 92 valence electrons. The molecule has 0 aliphatic rings. The molecule has 1 unspecified atom stereocenters. The minimum absolute atomic E-state index is 0.279. The highest BCUT2D eigenvalue weighted by Gasteiger charge is 2.40. The largest absolute Gasteiger partial charge is 0.407 e. The van der Waals surface area contributed by atoms with Gasteiger partial charge in [-0.15, -0.1) is 11.3 Å². The molecule has 0 aliphatic carbocycles. The van der Waals surface area contributed by atoms with Crippen molar-refractivity contribution in [3.63, 3.8) is 0 Å². The Labute approximate surface area is 109 Å². The first-order chi connectivity index (χ1) is 7.95. The molecular weight excluding hydrogens is 315 g/mol. The fraction of sp³-hybridized carbons (Fsp3) is 0.273. The lowest BCUT2D eigenvalue weighted by atomic mass is 10.1. The van der Waals surface area contributed by atoms with Crippen LogP contribution in [0.4, 0.5) is 13.2 Å². The predicted molar refractivity (Wildman–Crippen MR) is 67.4 cm³/mol. The summed E-state index contributed by atoms with van der Waals surface area (Å²) in [7, 11) is 1.32. The summed E-state index contributed by atoms with van der Waals surface area (Å²) >= 11 is 4.65. The third-order valence-electron chi connectivity index (χ3n) is 2.51. The van der Waals surface area contributed by atoms with Gasteiger partial charge in [0.1, 0.15) is 6.04 Å². The summed E-state index contributed by atoms with van der Waals surface area (Å²) in [5.41, 5.74) is 0.279. The predicted octanol–water partition coefficient (Wildman–Crippen LogP) is 4.49. The molecule has 1 aromatic carbocycles. The number of fused-ring (bicyclic) bond motifs is 1. The second-order valence-corrected chi connectivity index (χ2v) is 5.30. The Morgan fingerprint density at radius 2 is 2.06 bits per heavy atom. The molecule has 0 aliphatic heterocycles.